The second-order valence-corrected chi connectivity index (χ2v) is 5.99. The molecule has 0 aromatic heterocycles. The minimum absolute atomic E-state index is 0.0793. The van der Waals surface area contributed by atoms with Gasteiger partial charge < -0.3 is 5.32 Å². The van der Waals surface area contributed by atoms with Gasteiger partial charge in [-0.3, -0.25) is 0 Å². The van der Waals surface area contributed by atoms with E-state index in [0.29, 0.717) is 5.92 Å². The van der Waals surface area contributed by atoms with E-state index in [1.54, 1.807) is 6.07 Å². The molecule has 2 fully saturated rings. The third kappa shape index (κ3) is 2.59. The molecular weight excluding hydrogens is 225 g/mol. The average Bonchev–Trinajstić information content (AvgIpc) is 3.08. The van der Waals surface area contributed by atoms with Crippen LogP contribution in [0.5, 0.6) is 0 Å². The Morgan fingerprint density at radius 2 is 2.06 bits per heavy atom. The molecule has 0 spiro atoms. The number of nitrogens with one attached hydrogen (secondary N) is 1. The van der Waals surface area contributed by atoms with Crippen LogP contribution in [0.2, 0.25) is 0 Å². The van der Waals surface area contributed by atoms with E-state index in [9.17, 15) is 4.39 Å². The number of halogens is 1. The molecule has 0 aliphatic heterocycles. The Bertz CT molecular complexity index is 425. The van der Waals surface area contributed by atoms with Crippen LogP contribution in [-0.2, 0) is 0 Å². The first-order valence-electron chi connectivity index (χ1n) is 7.23. The van der Waals surface area contributed by atoms with E-state index in [0.717, 1.165) is 24.1 Å². The van der Waals surface area contributed by atoms with Gasteiger partial charge in [0.05, 0.1) is 0 Å². The molecule has 0 saturated heterocycles. The van der Waals surface area contributed by atoms with E-state index >= 15 is 0 Å². The van der Waals surface area contributed by atoms with Crippen LogP contribution in [-0.4, -0.2) is 12.6 Å². The molecule has 2 aliphatic rings. The van der Waals surface area contributed by atoms with Gasteiger partial charge >= 0.3 is 0 Å². The van der Waals surface area contributed by atoms with Gasteiger partial charge in [0.25, 0.3) is 0 Å². The van der Waals surface area contributed by atoms with Crippen molar-refractivity contribution in [2.45, 2.75) is 51.0 Å². The van der Waals surface area contributed by atoms with Gasteiger partial charge in [-0.1, -0.05) is 18.6 Å². The second kappa shape index (κ2) is 5.00. The van der Waals surface area contributed by atoms with Crippen LogP contribution in [0, 0.1) is 18.7 Å². The zero-order valence-electron chi connectivity index (χ0n) is 11.1. The van der Waals surface area contributed by atoms with E-state index in [1.165, 1.54) is 37.7 Å². The molecule has 2 aliphatic carbocycles. The lowest BCUT2D eigenvalue weighted by atomic mass is 9.88. The van der Waals surface area contributed by atoms with Gasteiger partial charge in [-0.2, -0.15) is 0 Å². The quantitative estimate of drug-likeness (QED) is 0.854. The monoisotopic (exact) mass is 247 g/mol. The van der Waals surface area contributed by atoms with Gasteiger partial charge in [0, 0.05) is 6.04 Å². The Balaban J connectivity index is 1.70. The van der Waals surface area contributed by atoms with Crippen LogP contribution < -0.4 is 5.32 Å². The van der Waals surface area contributed by atoms with Crippen molar-refractivity contribution in [3.8, 4) is 0 Å². The molecule has 0 radical (unpaired) electrons. The number of hydrogen-bond acceptors (Lipinski definition) is 1. The maximum atomic E-state index is 13.3. The van der Waals surface area contributed by atoms with Crippen molar-refractivity contribution in [3.05, 3.63) is 35.1 Å². The highest BCUT2D eigenvalue weighted by molar-refractivity contribution is 5.28. The Kier molecular flexibility index (Phi) is 3.38. The zero-order chi connectivity index (χ0) is 12.5. The highest BCUT2D eigenvalue weighted by Gasteiger charge is 2.30. The van der Waals surface area contributed by atoms with Crippen LogP contribution in [0.3, 0.4) is 0 Å². The summed E-state index contributed by atoms with van der Waals surface area (Å²) in [5.74, 6) is 1.30. The van der Waals surface area contributed by atoms with E-state index in [2.05, 4.69) is 11.4 Å². The molecule has 2 atom stereocenters. The molecule has 2 saturated carbocycles. The standard InChI is InChI=1S/C16H22FN/c1-11-9-12(5-8-16(11)17)15-4-2-3-13(15)10-18-14-6-7-14/h5,8-9,13-15,18H,2-4,6-7,10H2,1H3. The Labute approximate surface area is 109 Å². The molecule has 2 heteroatoms. The minimum Gasteiger partial charge on any atom is -0.314 e. The molecule has 98 valence electrons. The first kappa shape index (κ1) is 12.2. The molecule has 2 unspecified atom stereocenters. The number of rotatable bonds is 4. The van der Waals surface area contributed by atoms with Crippen LogP contribution >= 0.6 is 0 Å². The smallest absolute Gasteiger partial charge is 0.126 e. The van der Waals surface area contributed by atoms with Crippen molar-refractivity contribution in [2.75, 3.05) is 6.54 Å². The van der Waals surface area contributed by atoms with Gasteiger partial charge in [0.15, 0.2) is 0 Å². The fourth-order valence-electron chi connectivity index (χ4n) is 3.22. The summed E-state index contributed by atoms with van der Waals surface area (Å²) in [6.07, 6.45) is 6.61. The van der Waals surface area contributed by atoms with Crippen molar-refractivity contribution < 1.29 is 4.39 Å². The van der Waals surface area contributed by atoms with Crippen LogP contribution in [0.15, 0.2) is 18.2 Å². The van der Waals surface area contributed by atoms with Gasteiger partial charge in [-0.05, 0) is 68.2 Å². The predicted octanol–water partition coefficient (Wildman–Crippen LogP) is 3.77. The zero-order valence-corrected chi connectivity index (χ0v) is 11.1. The fourth-order valence-corrected chi connectivity index (χ4v) is 3.22. The van der Waals surface area contributed by atoms with E-state index < -0.39 is 0 Å². The minimum atomic E-state index is -0.0793. The molecule has 0 heterocycles. The lowest BCUT2D eigenvalue weighted by Gasteiger charge is -2.21. The molecule has 0 amide bonds. The van der Waals surface area contributed by atoms with Crippen molar-refractivity contribution in [1.82, 2.24) is 5.32 Å². The molecule has 1 N–H and O–H groups in total. The first-order chi connectivity index (χ1) is 8.74. The summed E-state index contributed by atoms with van der Waals surface area (Å²) in [7, 11) is 0. The largest absolute Gasteiger partial charge is 0.314 e. The maximum Gasteiger partial charge on any atom is 0.126 e. The SMILES string of the molecule is Cc1cc(C2CCCC2CNC2CC2)ccc1F. The lowest BCUT2D eigenvalue weighted by molar-refractivity contribution is 0.442. The van der Waals surface area contributed by atoms with Crippen molar-refractivity contribution >= 4 is 0 Å². The van der Waals surface area contributed by atoms with Crippen LogP contribution in [0.1, 0.15) is 49.1 Å². The summed E-state index contributed by atoms with van der Waals surface area (Å²) >= 11 is 0. The predicted molar refractivity (Wildman–Crippen MR) is 72.2 cm³/mol. The Morgan fingerprint density at radius 1 is 1.22 bits per heavy atom. The summed E-state index contributed by atoms with van der Waals surface area (Å²) in [5.41, 5.74) is 2.13. The fraction of sp³-hybridized carbons (Fsp3) is 0.625. The molecule has 18 heavy (non-hydrogen) atoms. The molecule has 1 nitrogen and oxygen atoms in total. The third-order valence-corrected chi connectivity index (χ3v) is 4.52. The van der Waals surface area contributed by atoms with E-state index in [4.69, 9.17) is 0 Å². The van der Waals surface area contributed by atoms with Gasteiger partial charge in [-0.15, -0.1) is 0 Å². The average molecular weight is 247 g/mol. The van der Waals surface area contributed by atoms with Crippen LogP contribution in [0.4, 0.5) is 4.39 Å². The second-order valence-electron chi connectivity index (χ2n) is 5.99. The number of aryl methyl sites for hydroxylation is 1. The maximum absolute atomic E-state index is 13.3. The van der Waals surface area contributed by atoms with Crippen molar-refractivity contribution in [2.24, 2.45) is 5.92 Å². The Morgan fingerprint density at radius 3 is 2.78 bits per heavy atom. The first-order valence-corrected chi connectivity index (χ1v) is 7.23. The number of benzene rings is 1. The molecule has 3 rings (SSSR count). The highest BCUT2D eigenvalue weighted by Crippen LogP contribution is 2.40. The normalized spacial score (nSPS) is 27.7. The highest BCUT2D eigenvalue weighted by atomic mass is 19.1. The van der Waals surface area contributed by atoms with Gasteiger partial charge in [-0.25, -0.2) is 4.39 Å². The topological polar surface area (TPSA) is 12.0 Å². The summed E-state index contributed by atoms with van der Waals surface area (Å²) in [5, 5.41) is 3.65. The molecule has 1 aromatic carbocycles. The van der Waals surface area contributed by atoms with Crippen molar-refractivity contribution in [1.29, 1.82) is 0 Å². The lowest BCUT2D eigenvalue weighted by Crippen LogP contribution is -2.26. The summed E-state index contributed by atoms with van der Waals surface area (Å²) in [4.78, 5) is 0. The molecule has 0 bridgehead atoms. The summed E-state index contributed by atoms with van der Waals surface area (Å²) in [6.45, 7) is 3.01. The summed E-state index contributed by atoms with van der Waals surface area (Å²) in [6, 6.07) is 6.47. The number of hydrogen-bond donors (Lipinski definition) is 1. The molecular formula is C16H22FN. The van der Waals surface area contributed by atoms with Gasteiger partial charge in [0.2, 0.25) is 0 Å². The van der Waals surface area contributed by atoms with Crippen LogP contribution in [0.25, 0.3) is 0 Å². The summed E-state index contributed by atoms with van der Waals surface area (Å²) < 4.78 is 13.3. The van der Waals surface area contributed by atoms with Crippen molar-refractivity contribution in [3.63, 3.8) is 0 Å². The molecule has 1 aromatic rings. The Hall–Kier alpha value is -0.890. The third-order valence-electron chi connectivity index (χ3n) is 4.52. The van der Waals surface area contributed by atoms with E-state index in [-0.39, 0.29) is 5.82 Å². The van der Waals surface area contributed by atoms with Gasteiger partial charge in [0.1, 0.15) is 5.82 Å². The van der Waals surface area contributed by atoms with E-state index in [1.807, 2.05) is 13.0 Å².